The molecular formula is C19H32N4O. The Morgan fingerprint density at radius 3 is 2.50 bits per heavy atom. The number of benzene rings is 1. The second kappa shape index (κ2) is 10.3. The molecule has 1 aromatic carbocycles. The molecule has 0 aliphatic heterocycles. The lowest BCUT2D eigenvalue weighted by atomic mass is 10.1. The van der Waals surface area contributed by atoms with E-state index in [9.17, 15) is 0 Å². The van der Waals surface area contributed by atoms with Crippen LogP contribution in [0.1, 0.15) is 30.4 Å². The molecule has 5 heteroatoms. The second-order valence-corrected chi connectivity index (χ2v) is 6.78. The number of aliphatic imine (C=N–C) groups is 1. The van der Waals surface area contributed by atoms with Crippen LogP contribution in [-0.2, 0) is 17.8 Å². The van der Waals surface area contributed by atoms with Gasteiger partial charge in [-0.25, -0.2) is 0 Å². The monoisotopic (exact) mass is 332 g/mol. The van der Waals surface area contributed by atoms with Crippen LogP contribution < -0.4 is 10.6 Å². The molecular weight excluding hydrogens is 300 g/mol. The number of ether oxygens (including phenoxy) is 1. The number of guanidine groups is 1. The van der Waals surface area contributed by atoms with Crippen molar-refractivity contribution in [2.24, 2.45) is 10.9 Å². The van der Waals surface area contributed by atoms with Gasteiger partial charge >= 0.3 is 0 Å². The molecule has 0 aromatic heterocycles. The third kappa shape index (κ3) is 7.79. The number of hydrogen-bond donors (Lipinski definition) is 2. The molecule has 2 N–H and O–H groups in total. The molecule has 0 atom stereocenters. The van der Waals surface area contributed by atoms with E-state index in [1.165, 1.54) is 24.0 Å². The van der Waals surface area contributed by atoms with E-state index in [2.05, 4.69) is 58.9 Å². The molecule has 0 saturated heterocycles. The summed E-state index contributed by atoms with van der Waals surface area (Å²) in [6.07, 6.45) is 3.71. The van der Waals surface area contributed by atoms with Gasteiger partial charge in [-0.3, -0.25) is 4.99 Å². The smallest absolute Gasteiger partial charge is 0.191 e. The SMILES string of the molecule is CN=C(NCCCOCC1CC1)NCc1ccc(CN(C)C)cc1. The highest BCUT2D eigenvalue weighted by atomic mass is 16.5. The first kappa shape index (κ1) is 18.7. The topological polar surface area (TPSA) is 48.9 Å². The van der Waals surface area contributed by atoms with Crippen LogP contribution in [0.25, 0.3) is 0 Å². The van der Waals surface area contributed by atoms with Crippen LogP contribution in [0.3, 0.4) is 0 Å². The molecule has 0 radical (unpaired) electrons. The fraction of sp³-hybridized carbons (Fsp3) is 0.632. The minimum atomic E-state index is 0.778. The van der Waals surface area contributed by atoms with Crippen LogP contribution in [0.15, 0.2) is 29.3 Å². The van der Waals surface area contributed by atoms with Crippen LogP contribution in [0.2, 0.25) is 0 Å². The van der Waals surface area contributed by atoms with Gasteiger partial charge in [-0.1, -0.05) is 24.3 Å². The summed E-state index contributed by atoms with van der Waals surface area (Å²) in [5.41, 5.74) is 2.59. The van der Waals surface area contributed by atoms with E-state index in [0.717, 1.165) is 51.1 Å². The van der Waals surface area contributed by atoms with Gasteiger partial charge in [0.1, 0.15) is 0 Å². The van der Waals surface area contributed by atoms with E-state index in [1.807, 2.05) is 0 Å². The Kier molecular flexibility index (Phi) is 8.05. The van der Waals surface area contributed by atoms with Crippen LogP contribution in [0, 0.1) is 5.92 Å². The van der Waals surface area contributed by atoms with Gasteiger partial charge < -0.3 is 20.3 Å². The average Bonchev–Trinajstić information content (AvgIpc) is 3.38. The Bertz CT molecular complexity index is 495. The lowest BCUT2D eigenvalue weighted by Crippen LogP contribution is -2.37. The van der Waals surface area contributed by atoms with E-state index in [1.54, 1.807) is 7.05 Å². The molecule has 1 saturated carbocycles. The highest BCUT2D eigenvalue weighted by Gasteiger charge is 2.20. The third-order valence-corrected chi connectivity index (χ3v) is 4.01. The Balaban J connectivity index is 1.59. The Hall–Kier alpha value is -1.59. The quantitative estimate of drug-likeness (QED) is 0.392. The average molecular weight is 332 g/mol. The maximum atomic E-state index is 5.64. The summed E-state index contributed by atoms with van der Waals surface area (Å²) in [4.78, 5) is 6.44. The first-order valence-electron chi connectivity index (χ1n) is 8.92. The molecule has 24 heavy (non-hydrogen) atoms. The van der Waals surface area contributed by atoms with Gasteiger partial charge in [0, 0.05) is 39.9 Å². The van der Waals surface area contributed by atoms with E-state index < -0.39 is 0 Å². The first-order chi connectivity index (χ1) is 11.7. The van der Waals surface area contributed by atoms with Gasteiger partial charge in [0.15, 0.2) is 5.96 Å². The maximum Gasteiger partial charge on any atom is 0.191 e. The molecule has 0 unspecified atom stereocenters. The van der Waals surface area contributed by atoms with Crippen molar-refractivity contribution in [1.29, 1.82) is 0 Å². The Labute approximate surface area is 146 Å². The lowest BCUT2D eigenvalue weighted by Gasteiger charge is -2.13. The Morgan fingerprint density at radius 1 is 1.17 bits per heavy atom. The van der Waals surface area contributed by atoms with Crippen LogP contribution >= 0.6 is 0 Å². The Morgan fingerprint density at radius 2 is 1.88 bits per heavy atom. The summed E-state index contributed by atoms with van der Waals surface area (Å²) >= 11 is 0. The first-order valence-corrected chi connectivity index (χ1v) is 8.92. The fourth-order valence-electron chi connectivity index (χ4n) is 2.45. The zero-order valence-electron chi connectivity index (χ0n) is 15.3. The maximum absolute atomic E-state index is 5.64. The van der Waals surface area contributed by atoms with E-state index in [4.69, 9.17) is 4.74 Å². The van der Waals surface area contributed by atoms with Crippen molar-refractivity contribution < 1.29 is 4.74 Å². The van der Waals surface area contributed by atoms with E-state index >= 15 is 0 Å². The van der Waals surface area contributed by atoms with Gasteiger partial charge in [0.05, 0.1) is 0 Å². The van der Waals surface area contributed by atoms with Crippen molar-refractivity contribution in [2.45, 2.75) is 32.4 Å². The van der Waals surface area contributed by atoms with Gasteiger partial charge in [0.25, 0.3) is 0 Å². The van der Waals surface area contributed by atoms with Gasteiger partial charge in [-0.15, -0.1) is 0 Å². The van der Waals surface area contributed by atoms with Gasteiger partial charge in [0.2, 0.25) is 0 Å². The summed E-state index contributed by atoms with van der Waals surface area (Å²) in [5.74, 6) is 1.69. The molecule has 1 fully saturated rings. The molecule has 0 heterocycles. The van der Waals surface area contributed by atoms with Crippen molar-refractivity contribution in [2.75, 3.05) is 40.9 Å². The van der Waals surface area contributed by atoms with Gasteiger partial charge in [-0.2, -0.15) is 0 Å². The fourth-order valence-corrected chi connectivity index (χ4v) is 2.45. The third-order valence-electron chi connectivity index (χ3n) is 4.01. The van der Waals surface area contributed by atoms with Crippen molar-refractivity contribution in [3.05, 3.63) is 35.4 Å². The minimum absolute atomic E-state index is 0.778. The highest BCUT2D eigenvalue weighted by molar-refractivity contribution is 5.79. The van der Waals surface area contributed by atoms with Crippen molar-refractivity contribution in [3.63, 3.8) is 0 Å². The van der Waals surface area contributed by atoms with E-state index in [-0.39, 0.29) is 0 Å². The molecule has 5 nitrogen and oxygen atoms in total. The number of hydrogen-bond acceptors (Lipinski definition) is 3. The number of rotatable bonds is 10. The van der Waals surface area contributed by atoms with Crippen molar-refractivity contribution >= 4 is 5.96 Å². The molecule has 0 spiro atoms. The highest BCUT2D eigenvalue weighted by Crippen LogP contribution is 2.28. The molecule has 1 aromatic rings. The molecule has 1 aliphatic carbocycles. The van der Waals surface area contributed by atoms with Crippen LogP contribution in [-0.4, -0.2) is 51.8 Å². The summed E-state index contributed by atoms with van der Waals surface area (Å²) in [6, 6.07) is 8.71. The number of nitrogens with one attached hydrogen (secondary N) is 2. The van der Waals surface area contributed by atoms with Crippen LogP contribution in [0.4, 0.5) is 0 Å². The summed E-state index contributed by atoms with van der Waals surface area (Å²) < 4.78 is 5.64. The molecule has 134 valence electrons. The molecule has 0 amide bonds. The summed E-state index contributed by atoms with van der Waals surface area (Å²) in [6.45, 7) is 4.40. The largest absolute Gasteiger partial charge is 0.381 e. The molecule has 1 aliphatic rings. The summed E-state index contributed by atoms with van der Waals surface area (Å²) in [7, 11) is 5.98. The van der Waals surface area contributed by atoms with Crippen molar-refractivity contribution in [3.8, 4) is 0 Å². The predicted octanol–water partition coefficient (Wildman–Crippen LogP) is 2.23. The second-order valence-electron chi connectivity index (χ2n) is 6.78. The zero-order valence-corrected chi connectivity index (χ0v) is 15.3. The van der Waals surface area contributed by atoms with Gasteiger partial charge in [-0.05, 0) is 50.4 Å². The lowest BCUT2D eigenvalue weighted by molar-refractivity contribution is 0.123. The number of nitrogens with zero attached hydrogens (tertiary/aromatic N) is 2. The van der Waals surface area contributed by atoms with E-state index in [0.29, 0.717) is 0 Å². The summed E-state index contributed by atoms with van der Waals surface area (Å²) in [5, 5.41) is 6.69. The minimum Gasteiger partial charge on any atom is -0.381 e. The standard InChI is InChI=1S/C19H32N4O/c1-20-19(21-11-4-12-24-15-18-9-10-18)22-13-16-5-7-17(8-6-16)14-23(2)3/h5-8,18H,4,9-15H2,1-3H3,(H2,20,21,22). The van der Waals surface area contributed by atoms with Crippen molar-refractivity contribution in [1.82, 2.24) is 15.5 Å². The van der Waals surface area contributed by atoms with Crippen LogP contribution in [0.5, 0.6) is 0 Å². The molecule has 2 rings (SSSR count). The zero-order chi connectivity index (χ0) is 17.2. The predicted molar refractivity (Wildman–Crippen MR) is 100 cm³/mol. The normalized spacial score (nSPS) is 14.9. The molecule has 0 bridgehead atoms.